The van der Waals surface area contributed by atoms with Gasteiger partial charge in [0.1, 0.15) is 5.69 Å². The standard InChI is InChI=1S/C16H23N3O2/c1-4-5-6-19-10-16(8-12(19)3)15(20)18-13-7-11(2)9-17-14(13)21-16/h7,9,12H,4-6,8,10H2,1-3H3,(H,18,20)/t12-,16?/m0/s1/i10D/t10?,12-,16?. The first-order valence-electron chi connectivity index (χ1n) is 8.21. The quantitative estimate of drug-likeness (QED) is 0.928. The number of carbonyl (C=O) groups excluding carboxylic acids is 1. The number of unbranched alkanes of at least 4 members (excludes halogenated alkanes) is 1. The summed E-state index contributed by atoms with van der Waals surface area (Å²) in [6, 6.07) is 1.99. The van der Waals surface area contributed by atoms with Gasteiger partial charge in [0.25, 0.3) is 5.91 Å². The minimum atomic E-state index is -1.15. The molecule has 0 aliphatic carbocycles. The van der Waals surface area contributed by atoms with E-state index in [0.29, 0.717) is 18.0 Å². The van der Waals surface area contributed by atoms with E-state index in [4.69, 9.17) is 6.11 Å². The van der Waals surface area contributed by atoms with E-state index in [0.717, 1.165) is 24.9 Å². The number of likely N-dealkylation sites (tertiary alicyclic amines) is 1. The molecule has 1 aromatic rings. The Morgan fingerprint density at radius 3 is 3.24 bits per heavy atom. The Morgan fingerprint density at radius 2 is 2.48 bits per heavy atom. The second-order valence-corrected chi connectivity index (χ2v) is 6.08. The number of fused-ring (bicyclic) bond motifs is 1. The normalized spacial score (nSPS) is 32.5. The van der Waals surface area contributed by atoms with Crippen molar-refractivity contribution in [2.45, 2.75) is 51.7 Å². The summed E-state index contributed by atoms with van der Waals surface area (Å²) < 4.78 is 14.6. The number of rotatable bonds is 3. The van der Waals surface area contributed by atoms with Crippen LogP contribution in [0.15, 0.2) is 12.3 Å². The molecule has 1 amide bonds. The van der Waals surface area contributed by atoms with Crippen molar-refractivity contribution in [1.82, 2.24) is 9.88 Å². The van der Waals surface area contributed by atoms with Crippen molar-refractivity contribution in [1.29, 1.82) is 0 Å². The molecule has 3 heterocycles. The van der Waals surface area contributed by atoms with E-state index in [1.165, 1.54) is 0 Å². The van der Waals surface area contributed by atoms with Crippen molar-refractivity contribution in [2.24, 2.45) is 0 Å². The molecule has 2 aliphatic rings. The molecule has 0 radical (unpaired) electrons. The minimum absolute atomic E-state index is 0.145. The van der Waals surface area contributed by atoms with Crippen LogP contribution < -0.4 is 10.1 Å². The molecule has 114 valence electrons. The van der Waals surface area contributed by atoms with E-state index in [1.807, 2.05) is 13.0 Å². The lowest BCUT2D eigenvalue weighted by atomic mass is 9.97. The smallest absolute Gasteiger partial charge is 0.270 e. The number of carbonyl (C=O) groups is 1. The zero-order valence-electron chi connectivity index (χ0n) is 13.8. The fraction of sp³-hybridized carbons (Fsp3) is 0.625. The molecule has 1 spiro atoms. The Morgan fingerprint density at radius 1 is 1.67 bits per heavy atom. The Hall–Kier alpha value is -1.62. The molecule has 5 heteroatoms. The molecule has 1 aromatic heterocycles. The number of pyridine rings is 1. The van der Waals surface area contributed by atoms with E-state index in [2.05, 4.69) is 29.0 Å². The van der Waals surface area contributed by atoms with Crippen LogP contribution in [0.1, 0.15) is 40.0 Å². The van der Waals surface area contributed by atoms with Gasteiger partial charge in [0, 0.05) is 26.6 Å². The summed E-state index contributed by atoms with van der Waals surface area (Å²) >= 11 is 0. The number of nitrogens with one attached hydrogen (secondary N) is 1. The molecule has 21 heavy (non-hydrogen) atoms. The zero-order chi connectivity index (χ0) is 15.9. The van der Waals surface area contributed by atoms with E-state index in [9.17, 15) is 4.79 Å². The van der Waals surface area contributed by atoms with Gasteiger partial charge in [0.05, 0.1) is 0 Å². The predicted molar refractivity (Wildman–Crippen MR) is 81.5 cm³/mol. The van der Waals surface area contributed by atoms with E-state index >= 15 is 0 Å². The number of nitrogens with zero attached hydrogens (tertiary/aromatic N) is 2. The van der Waals surface area contributed by atoms with Crippen molar-refractivity contribution in [2.75, 3.05) is 18.4 Å². The number of aromatic nitrogens is 1. The van der Waals surface area contributed by atoms with Gasteiger partial charge in [0.2, 0.25) is 11.5 Å². The fourth-order valence-electron chi connectivity index (χ4n) is 3.02. The summed E-state index contributed by atoms with van der Waals surface area (Å²) in [5, 5.41) is 2.89. The van der Waals surface area contributed by atoms with Gasteiger partial charge >= 0.3 is 0 Å². The van der Waals surface area contributed by atoms with Crippen LogP contribution in [-0.4, -0.2) is 40.5 Å². The largest absolute Gasteiger partial charge is 0.458 e. The topological polar surface area (TPSA) is 54.5 Å². The van der Waals surface area contributed by atoms with Crippen molar-refractivity contribution < 1.29 is 10.9 Å². The number of ether oxygens (including phenoxy) is 1. The lowest BCUT2D eigenvalue weighted by Crippen LogP contribution is -2.53. The molecule has 1 N–H and O–H groups in total. The first-order valence-corrected chi connectivity index (χ1v) is 7.63. The number of hydrogen-bond acceptors (Lipinski definition) is 4. The molecule has 5 nitrogen and oxygen atoms in total. The van der Waals surface area contributed by atoms with Crippen LogP contribution in [0.2, 0.25) is 0 Å². The van der Waals surface area contributed by atoms with Crippen LogP contribution in [0.5, 0.6) is 5.88 Å². The fourth-order valence-corrected chi connectivity index (χ4v) is 3.02. The maximum absolute atomic E-state index is 12.7. The van der Waals surface area contributed by atoms with Gasteiger partial charge in [-0.15, -0.1) is 0 Å². The highest BCUT2D eigenvalue weighted by Gasteiger charge is 2.52. The maximum atomic E-state index is 12.7. The van der Waals surface area contributed by atoms with E-state index in [-0.39, 0.29) is 11.9 Å². The lowest BCUT2D eigenvalue weighted by molar-refractivity contribution is -0.131. The summed E-state index contributed by atoms with van der Waals surface area (Å²) in [4.78, 5) is 19.0. The van der Waals surface area contributed by atoms with E-state index < -0.39 is 12.1 Å². The number of anilines is 1. The molecule has 2 unspecified atom stereocenters. The van der Waals surface area contributed by atoms with Crippen molar-refractivity contribution in [3.8, 4) is 5.88 Å². The number of aryl methyl sites for hydroxylation is 1. The highest BCUT2D eigenvalue weighted by molar-refractivity contribution is 6.01. The third kappa shape index (κ3) is 2.50. The van der Waals surface area contributed by atoms with Crippen LogP contribution in [0.25, 0.3) is 0 Å². The second-order valence-electron chi connectivity index (χ2n) is 6.08. The van der Waals surface area contributed by atoms with Crippen molar-refractivity contribution in [3.05, 3.63) is 17.8 Å². The summed E-state index contributed by atoms with van der Waals surface area (Å²) in [6.45, 7) is 6.22. The minimum Gasteiger partial charge on any atom is -0.458 e. The average Bonchev–Trinajstić information content (AvgIpc) is 2.71. The summed E-state index contributed by atoms with van der Waals surface area (Å²) in [5.74, 6) is 0.199. The first kappa shape index (κ1) is 13.1. The summed E-state index contributed by atoms with van der Waals surface area (Å²) in [6.07, 6.45) is 4.33. The van der Waals surface area contributed by atoms with Gasteiger partial charge in [-0.25, -0.2) is 4.98 Å². The molecular weight excluding hydrogens is 266 g/mol. The number of amides is 1. The molecule has 0 bridgehead atoms. The van der Waals surface area contributed by atoms with Crippen LogP contribution in [0, 0.1) is 6.92 Å². The van der Waals surface area contributed by atoms with Crippen LogP contribution in [0.3, 0.4) is 0 Å². The Kier molecular flexibility index (Phi) is 3.30. The highest BCUT2D eigenvalue weighted by atomic mass is 16.5. The van der Waals surface area contributed by atoms with Crippen molar-refractivity contribution >= 4 is 11.6 Å². The molecule has 1 saturated heterocycles. The van der Waals surface area contributed by atoms with Crippen LogP contribution >= 0.6 is 0 Å². The average molecular weight is 290 g/mol. The van der Waals surface area contributed by atoms with Gasteiger partial charge in [-0.1, -0.05) is 13.3 Å². The van der Waals surface area contributed by atoms with Gasteiger partial charge < -0.3 is 10.1 Å². The van der Waals surface area contributed by atoms with Crippen molar-refractivity contribution in [3.63, 3.8) is 0 Å². The third-order valence-corrected chi connectivity index (χ3v) is 4.21. The van der Waals surface area contributed by atoms with Gasteiger partial charge in [-0.05, 0) is 38.4 Å². The second kappa shape index (κ2) is 5.30. The maximum Gasteiger partial charge on any atom is 0.270 e. The molecule has 0 saturated carbocycles. The Labute approximate surface area is 127 Å². The molecule has 2 aliphatic heterocycles. The van der Waals surface area contributed by atoms with Crippen LogP contribution in [-0.2, 0) is 4.79 Å². The molecule has 1 fully saturated rings. The third-order valence-electron chi connectivity index (χ3n) is 4.21. The molecule has 0 aromatic carbocycles. The molecular formula is C16H23N3O2. The SMILES string of the molecule is [2H]C1N(CCCC)[C@@H](C)CC12Oc1ncc(C)cc1NC2=O. The summed E-state index contributed by atoms with van der Waals surface area (Å²) in [5.41, 5.74) is 0.412. The van der Waals surface area contributed by atoms with Crippen LogP contribution in [0.4, 0.5) is 5.69 Å². The zero-order valence-corrected chi connectivity index (χ0v) is 12.8. The summed E-state index contributed by atoms with van der Waals surface area (Å²) in [7, 11) is 0. The molecule has 3 rings (SSSR count). The first-order chi connectivity index (χ1) is 10.5. The van der Waals surface area contributed by atoms with E-state index in [1.54, 1.807) is 6.20 Å². The molecule has 3 atom stereocenters. The monoisotopic (exact) mass is 290 g/mol. The Bertz CT molecular complexity index is 595. The van der Waals surface area contributed by atoms with Gasteiger partial charge in [-0.3, -0.25) is 9.69 Å². The number of hydrogen-bond donors (Lipinski definition) is 1. The highest BCUT2D eigenvalue weighted by Crippen LogP contribution is 2.39. The van der Waals surface area contributed by atoms with Gasteiger partial charge in [0.15, 0.2) is 0 Å². The Balaban J connectivity index is 1.90. The van der Waals surface area contributed by atoms with Gasteiger partial charge in [-0.2, -0.15) is 0 Å². The predicted octanol–water partition coefficient (Wildman–Crippen LogP) is 2.35. The lowest BCUT2D eigenvalue weighted by Gasteiger charge is -2.33.